The van der Waals surface area contributed by atoms with E-state index in [2.05, 4.69) is 10.1 Å². The van der Waals surface area contributed by atoms with Crippen LogP contribution in [0.2, 0.25) is 0 Å². The average molecular weight is 332 g/mol. The Hall–Kier alpha value is -2.12. The van der Waals surface area contributed by atoms with Gasteiger partial charge in [0.05, 0.1) is 10.9 Å². The molecule has 6 nitrogen and oxygen atoms in total. The summed E-state index contributed by atoms with van der Waals surface area (Å²) >= 11 is 1.38. The van der Waals surface area contributed by atoms with Crippen LogP contribution in [0.4, 0.5) is 5.13 Å². The fourth-order valence-corrected chi connectivity index (χ4v) is 3.29. The largest absolute Gasteiger partial charge is 0.506 e. The van der Waals surface area contributed by atoms with Crippen molar-refractivity contribution in [3.63, 3.8) is 0 Å². The summed E-state index contributed by atoms with van der Waals surface area (Å²) in [6.07, 6.45) is 4.39. The number of nitrogens with zero attached hydrogens (tertiary/aromatic N) is 3. The van der Waals surface area contributed by atoms with Crippen LogP contribution in [0.3, 0.4) is 0 Å². The second kappa shape index (κ2) is 6.55. The summed E-state index contributed by atoms with van der Waals surface area (Å²) in [5.41, 5.74) is 8.89. The fourth-order valence-electron chi connectivity index (χ4n) is 2.60. The SMILES string of the molecule is C1CCOC1.Cc1cc(C)c(-n2cc3sc(N)nc3n2)c(O)c1. The summed E-state index contributed by atoms with van der Waals surface area (Å²) in [4.78, 5) is 4.12. The van der Waals surface area contributed by atoms with Crippen LogP contribution in [-0.4, -0.2) is 33.1 Å². The lowest BCUT2D eigenvalue weighted by Gasteiger charge is -2.09. The van der Waals surface area contributed by atoms with E-state index in [1.807, 2.05) is 26.1 Å². The number of aromatic nitrogens is 3. The molecule has 0 spiro atoms. The first-order chi connectivity index (χ1) is 11.0. The van der Waals surface area contributed by atoms with E-state index in [-0.39, 0.29) is 5.75 Å². The van der Waals surface area contributed by atoms with Crippen molar-refractivity contribution >= 4 is 26.8 Å². The Kier molecular flexibility index (Phi) is 4.49. The maximum atomic E-state index is 10.0. The lowest BCUT2D eigenvalue weighted by Crippen LogP contribution is -1.99. The molecule has 3 aromatic rings. The Bertz CT molecular complexity index is 759. The third-order valence-electron chi connectivity index (χ3n) is 3.57. The van der Waals surface area contributed by atoms with Crippen LogP contribution in [0.1, 0.15) is 24.0 Å². The van der Waals surface area contributed by atoms with Crippen molar-refractivity contribution in [2.75, 3.05) is 18.9 Å². The molecule has 1 aliphatic rings. The van der Waals surface area contributed by atoms with Crippen molar-refractivity contribution in [1.82, 2.24) is 14.8 Å². The molecule has 0 radical (unpaired) electrons. The molecule has 4 rings (SSSR count). The Balaban J connectivity index is 0.000000267. The van der Waals surface area contributed by atoms with E-state index < -0.39 is 0 Å². The van der Waals surface area contributed by atoms with Gasteiger partial charge in [0.2, 0.25) is 0 Å². The third kappa shape index (κ3) is 3.46. The number of ether oxygens (including phenoxy) is 1. The van der Waals surface area contributed by atoms with E-state index in [4.69, 9.17) is 10.5 Å². The van der Waals surface area contributed by atoms with Gasteiger partial charge in [0.25, 0.3) is 0 Å². The molecule has 1 fully saturated rings. The molecular weight excluding hydrogens is 312 g/mol. The second-order valence-electron chi connectivity index (χ2n) is 5.58. The average Bonchev–Trinajstić information content (AvgIpc) is 3.15. The van der Waals surface area contributed by atoms with Crippen molar-refractivity contribution in [2.24, 2.45) is 0 Å². The van der Waals surface area contributed by atoms with Gasteiger partial charge < -0.3 is 15.6 Å². The normalized spacial score (nSPS) is 14.0. The number of phenolic OH excluding ortho intramolecular Hbond substituents is 1. The maximum absolute atomic E-state index is 10.0. The van der Waals surface area contributed by atoms with E-state index in [1.54, 1.807) is 10.7 Å². The zero-order chi connectivity index (χ0) is 16.4. The zero-order valence-electron chi connectivity index (χ0n) is 13.2. The lowest BCUT2D eigenvalue weighted by atomic mass is 10.1. The number of rotatable bonds is 1. The summed E-state index contributed by atoms with van der Waals surface area (Å²) in [7, 11) is 0. The number of aryl methyl sites for hydroxylation is 2. The number of nitrogen functional groups attached to an aromatic ring is 1. The van der Waals surface area contributed by atoms with Gasteiger partial charge in [0, 0.05) is 13.2 Å². The number of hydrogen-bond donors (Lipinski definition) is 2. The number of benzene rings is 1. The first kappa shape index (κ1) is 15.8. The van der Waals surface area contributed by atoms with E-state index in [0.29, 0.717) is 16.5 Å². The molecule has 0 amide bonds. The van der Waals surface area contributed by atoms with Gasteiger partial charge in [-0.2, -0.15) is 4.98 Å². The van der Waals surface area contributed by atoms with E-state index in [1.165, 1.54) is 24.2 Å². The number of fused-ring (bicyclic) bond motifs is 1. The summed E-state index contributed by atoms with van der Waals surface area (Å²) in [5.74, 6) is 0.218. The van der Waals surface area contributed by atoms with E-state index in [9.17, 15) is 5.11 Å². The lowest BCUT2D eigenvalue weighted by molar-refractivity contribution is 0.198. The van der Waals surface area contributed by atoms with Crippen LogP contribution < -0.4 is 5.73 Å². The molecule has 0 bridgehead atoms. The molecule has 1 saturated heterocycles. The van der Waals surface area contributed by atoms with Crippen LogP contribution >= 0.6 is 11.3 Å². The summed E-state index contributed by atoms with van der Waals surface area (Å²) in [6.45, 7) is 5.89. The summed E-state index contributed by atoms with van der Waals surface area (Å²) < 4.78 is 7.50. The van der Waals surface area contributed by atoms with Crippen molar-refractivity contribution in [3.05, 3.63) is 29.5 Å². The smallest absolute Gasteiger partial charge is 0.194 e. The number of aromatic hydroxyl groups is 1. The molecule has 2 aromatic heterocycles. The van der Waals surface area contributed by atoms with E-state index in [0.717, 1.165) is 29.0 Å². The fraction of sp³-hybridized carbons (Fsp3) is 0.375. The maximum Gasteiger partial charge on any atom is 0.194 e. The topological polar surface area (TPSA) is 86.2 Å². The van der Waals surface area contributed by atoms with Gasteiger partial charge in [-0.25, -0.2) is 4.68 Å². The number of thiazole rings is 1. The van der Waals surface area contributed by atoms with Crippen molar-refractivity contribution in [2.45, 2.75) is 26.7 Å². The molecule has 3 N–H and O–H groups in total. The number of anilines is 1. The Labute approximate surface area is 138 Å². The van der Waals surface area contributed by atoms with Crippen molar-refractivity contribution in [3.8, 4) is 11.4 Å². The number of nitrogens with two attached hydrogens (primary N) is 1. The highest BCUT2D eigenvalue weighted by Crippen LogP contribution is 2.30. The summed E-state index contributed by atoms with van der Waals surface area (Å²) in [5, 5.41) is 14.9. The minimum atomic E-state index is 0.218. The standard InChI is InChI=1S/C12H12N4OS.C4H8O/c1-6-3-7(2)10(8(17)4-6)16-5-9-11(15-16)14-12(13)18-9;1-2-4-5-3-1/h3-5,17H,1-2H3,(H2,13,14,15);1-4H2. The molecule has 3 heterocycles. The van der Waals surface area contributed by atoms with Gasteiger partial charge in [-0.1, -0.05) is 17.4 Å². The Morgan fingerprint density at radius 3 is 2.57 bits per heavy atom. The van der Waals surface area contributed by atoms with Gasteiger partial charge in [-0.3, -0.25) is 0 Å². The van der Waals surface area contributed by atoms with Crippen molar-refractivity contribution < 1.29 is 9.84 Å². The van der Waals surface area contributed by atoms with Crippen LogP contribution in [0, 0.1) is 13.8 Å². The molecule has 0 unspecified atom stereocenters. The van der Waals surface area contributed by atoms with Gasteiger partial charge in [-0.05, 0) is 43.9 Å². The van der Waals surface area contributed by atoms with Crippen LogP contribution in [0.15, 0.2) is 18.3 Å². The predicted molar refractivity (Wildman–Crippen MR) is 92.3 cm³/mol. The monoisotopic (exact) mass is 332 g/mol. The van der Waals surface area contributed by atoms with Crippen molar-refractivity contribution in [1.29, 1.82) is 0 Å². The second-order valence-corrected chi connectivity index (χ2v) is 6.64. The Morgan fingerprint density at radius 1 is 1.26 bits per heavy atom. The molecule has 7 heteroatoms. The highest BCUT2D eigenvalue weighted by Gasteiger charge is 2.13. The molecule has 23 heavy (non-hydrogen) atoms. The van der Waals surface area contributed by atoms with Gasteiger partial charge >= 0.3 is 0 Å². The molecule has 0 atom stereocenters. The quantitative estimate of drug-likeness (QED) is 0.715. The highest BCUT2D eigenvalue weighted by molar-refractivity contribution is 7.21. The van der Waals surface area contributed by atoms with Gasteiger partial charge in [0.1, 0.15) is 11.4 Å². The first-order valence-electron chi connectivity index (χ1n) is 7.54. The minimum absolute atomic E-state index is 0.218. The zero-order valence-corrected chi connectivity index (χ0v) is 14.1. The molecule has 0 saturated carbocycles. The van der Waals surface area contributed by atoms with Crippen LogP contribution in [0.25, 0.3) is 16.0 Å². The molecule has 1 aromatic carbocycles. The molecule has 122 valence electrons. The van der Waals surface area contributed by atoms with E-state index >= 15 is 0 Å². The van der Waals surface area contributed by atoms with Crippen LogP contribution in [0.5, 0.6) is 5.75 Å². The third-order valence-corrected chi connectivity index (χ3v) is 4.38. The van der Waals surface area contributed by atoms with Crippen LogP contribution in [-0.2, 0) is 4.74 Å². The molecule has 1 aliphatic heterocycles. The first-order valence-corrected chi connectivity index (χ1v) is 8.36. The predicted octanol–water partition coefficient (Wildman–Crippen LogP) is 3.18. The van der Waals surface area contributed by atoms with Gasteiger partial charge in [-0.15, -0.1) is 5.10 Å². The number of phenols is 1. The molecule has 0 aliphatic carbocycles. The highest BCUT2D eigenvalue weighted by atomic mass is 32.1. The Morgan fingerprint density at radius 2 is 2.00 bits per heavy atom. The molecular formula is C16H20N4O2S. The van der Waals surface area contributed by atoms with Gasteiger partial charge in [0.15, 0.2) is 10.8 Å². The minimum Gasteiger partial charge on any atom is -0.506 e. The number of hydrogen-bond acceptors (Lipinski definition) is 6. The summed E-state index contributed by atoms with van der Waals surface area (Å²) in [6, 6.07) is 3.73.